The molecule has 0 aromatic heterocycles. The van der Waals surface area contributed by atoms with Gasteiger partial charge in [0.2, 0.25) is 10.0 Å². The second-order valence-corrected chi connectivity index (χ2v) is 8.63. The lowest BCUT2D eigenvalue weighted by atomic mass is 10.2. The molecule has 1 heterocycles. The van der Waals surface area contributed by atoms with Gasteiger partial charge < -0.3 is 5.73 Å². The number of hydrogen-bond donors (Lipinski definition) is 1. The minimum Gasteiger partial charge on any atom is -0.315 e. The molecule has 1 saturated heterocycles. The average molecular weight is 426 g/mol. The average Bonchev–Trinajstić information content (AvgIpc) is 2.58. The molecule has 0 amide bonds. The second kappa shape index (κ2) is 6.44. The van der Waals surface area contributed by atoms with Crippen LogP contribution in [0.4, 0.5) is 0 Å². The molecular weight excluding hydrogens is 408 g/mol. The maximum absolute atomic E-state index is 12.8. The van der Waals surface area contributed by atoms with Crippen LogP contribution in [0.1, 0.15) is 31.2 Å². The number of aryl methyl sites for hydroxylation is 1. The highest BCUT2D eigenvalue weighted by atomic mass is 79.9. The van der Waals surface area contributed by atoms with E-state index in [-0.39, 0.29) is 4.90 Å². The molecule has 0 radical (unpaired) electrons. The van der Waals surface area contributed by atoms with Crippen molar-refractivity contribution in [3.05, 3.63) is 26.6 Å². The fourth-order valence-electron chi connectivity index (χ4n) is 2.36. The highest BCUT2D eigenvalue weighted by Gasteiger charge is 2.32. The third kappa shape index (κ3) is 3.27. The Kier molecular flexibility index (Phi) is 5.29. The largest absolute Gasteiger partial charge is 0.315 e. The first-order chi connectivity index (χ1) is 9.34. The van der Waals surface area contributed by atoms with Crippen LogP contribution in [0.5, 0.6) is 0 Å². The normalized spacial score (nSPS) is 21.7. The zero-order valence-corrected chi connectivity index (χ0v) is 15.3. The number of nitrogens with two attached hydrogens (primary N) is 1. The van der Waals surface area contributed by atoms with Crippen LogP contribution in [0.3, 0.4) is 0 Å². The molecule has 1 aliphatic heterocycles. The van der Waals surface area contributed by atoms with Gasteiger partial charge in [0.05, 0.1) is 11.1 Å². The smallest absolute Gasteiger partial charge is 0.245 e. The summed E-state index contributed by atoms with van der Waals surface area (Å²) in [5.74, 6) is 0. The van der Waals surface area contributed by atoms with Crippen LogP contribution < -0.4 is 5.73 Å². The van der Waals surface area contributed by atoms with Crippen molar-refractivity contribution in [1.29, 1.82) is 0 Å². The van der Waals surface area contributed by atoms with Crippen molar-refractivity contribution < 1.29 is 8.42 Å². The first kappa shape index (κ1) is 16.4. The molecule has 7 heteroatoms. The number of rotatable bonds is 2. The van der Waals surface area contributed by atoms with E-state index >= 15 is 0 Å². The standard InChI is InChI=1S/C13H18Br2N2O2S/c1-9-7-11(15)12(8-10(9)14)20(18,19)17-6-4-2-3-5-13(17)16/h7-8,13H,2-6,16H2,1H3. The predicted molar refractivity (Wildman–Crippen MR) is 86.9 cm³/mol. The Hall–Kier alpha value is 0.0500. The van der Waals surface area contributed by atoms with Crippen molar-refractivity contribution in [2.45, 2.75) is 43.7 Å². The summed E-state index contributed by atoms with van der Waals surface area (Å²) in [4.78, 5) is 0.271. The quantitative estimate of drug-likeness (QED) is 0.789. The molecule has 2 N–H and O–H groups in total. The maximum Gasteiger partial charge on any atom is 0.245 e. The van der Waals surface area contributed by atoms with Crippen molar-refractivity contribution in [2.24, 2.45) is 5.73 Å². The first-order valence-electron chi connectivity index (χ1n) is 6.57. The summed E-state index contributed by atoms with van der Waals surface area (Å²) in [6.07, 6.45) is 3.14. The van der Waals surface area contributed by atoms with Crippen LogP contribution in [0, 0.1) is 6.92 Å². The van der Waals surface area contributed by atoms with E-state index in [2.05, 4.69) is 31.9 Å². The van der Waals surface area contributed by atoms with Crippen molar-refractivity contribution in [2.75, 3.05) is 6.54 Å². The molecule has 1 aromatic carbocycles. The summed E-state index contributed by atoms with van der Waals surface area (Å²) in [5, 5.41) is 0. The summed E-state index contributed by atoms with van der Waals surface area (Å²) in [5.41, 5.74) is 7.02. The van der Waals surface area contributed by atoms with Gasteiger partial charge in [-0.3, -0.25) is 0 Å². The van der Waals surface area contributed by atoms with Crippen molar-refractivity contribution in [3.63, 3.8) is 0 Å². The first-order valence-corrected chi connectivity index (χ1v) is 9.59. The molecule has 0 saturated carbocycles. The third-order valence-electron chi connectivity index (χ3n) is 3.55. The van der Waals surface area contributed by atoms with Gasteiger partial charge in [-0.25, -0.2) is 8.42 Å². The summed E-state index contributed by atoms with van der Waals surface area (Å²) >= 11 is 6.75. The Morgan fingerprint density at radius 1 is 1.20 bits per heavy atom. The van der Waals surface area contributed by atoms with Gasteiger partial charge in [0.15, 0.2) is 0 Å². The molecule has 1 aromatic rings. The molecule has 0 bridgehead atoms. The van der Waals surface area contributed by atoms with Gasteiger partial charge in [-0.2, -0.15) is 4.31 Å². The number of nitrogens with zero attached hydrogens (tertiary/aromatic N) is 1. The monoisotopic (exact) mass is 424 g/mol. The molecule has 20 heavy (non-hydrogen) atoms. The van der Waals surface area contributed by atoms with Gasteiger partial charge in [0.25, 0.3) is 0 Å². The summed E-state index contributed by atoms with van der Waals surface area (Å²) in [6.45, 7) is 2.41. The van der Waals surface area contributed by atoms with Gasteiger partial charge >= 0.3 is 0 Å². The third-order valence-corrected chi connectivity index (χ3v) is 7.29. The summed E-state index contributed by atoms with van der Waals surface area (Å²) in [6, 6.07) is 3.45. The van der Waals surface area contributed by atoms with Gasteiger partial charge in [0.1, 0.15) is 0 Å². The Labute approximate surface area is 137 Å². The zero-order chi connectivity index (χ0) is 14.9. The predicted octanol–water partition coefficient (Wildman–Crippen LogP) is 3.37. The van der Waals surface area contributed by atoms with E-state index in [1.165, 1.54) is 4.31 Å². The van der Waals surface area contributed by atoms with Gasteiger partial charge in [-0.1, -0.05) is 28.8 Å². The molecule has 1 atom stereocenters. The maximum atomic E-state index is 12.8. The van der Waals surface area contributed by atoms with E-state index in [0.29, 0.717) is 17.4 Å². The van der Waals surface area contributed by atoms with Crippen LogP contribution in [0.25, 0.3) is 0 Å². The minimum absolute atomic E-state index is 0.271. The zero-order valence-electron chi connectivity index (χ0n) is 11.3. The minimum atomic E-state index is -3.57. The molecule has 4 nitrogen and oxygen atoms in total. The SMILES string of the molecule is Cc1cc(Br)c(S(=O)(=O)N2CCCCCC2N)cc1Br. The van der Waals surface area contributed by atoms with Crippen LogP contribution in [-0.4, -0.2) is 25.4 Å². The van der Waals surface area contributed by atoms with Crippen molar-refractivity contribution in [1.82, 2.24) is 4.31 Å². The molecule has 2 rings (SSSR count). The lowest BCUT2D eigenvalue weighted by Crippen LogP contribution is -2.45. The Morgan fingerprint density at radius 3 is 2.60 bits per heavy atom. The van der Waals surface area contributed by atoms with Crippen LogP contribution in [0.15, 0.2) is 26.0 Å². The van der Waals surface area contributed by atoms with Gasteiger partial charge in [-0.05, 0) is 53.4 Å². The van der Waals surface area contributed by atoms with Crippen molar-refractivity contribution in [3.8, 4) is 0 Å². The number of halogens is 2. The highest BCUT2D eigenvalue weighted by Crippen LogP contribution is 2.32. The number of sulfonamides is 1. The van der Waals surface area contributed by atoms with Crippen LogP contribution in [0.2, 0.25) is 0 Å². The van der Waals surface area contributed by atoms with E-state index < -0.39 is 16.2 Å². The van der Waals surface area contributed by atoms with Crippen LogP contribution in [-0.2, 0) is 10.0 Å². The van der Waals surface area contributed by atoms with E-state index in [9.17, 15) is 8.42 Å². The molecule has 112 valence electrons. The summed E-state index contributed by atoms with van der Waals surface area (Å²) in [7, 11) is -3.57. The fraction of sp³-hybridized carbons (Fsp3) is 0.538. The molecule has 1 aliphatic rings. The fourth-order valence-corrected chi connectivity index (χ4v) is 5.58. The Bertz CT molecular complexity index is 605. The molecular formula is C13H18Br2N2O2S. The van der Waals surface area contributed by atoms with E-state index in [4.69, 9.17) is 5.73 Å². The van der Waals surface area contributed by atoms with Gasteiger partial charge in [0, 0.05) is 15.5 Å². The van der Waals surface area contributed by atoms with E-state index in [1.807, 2.05) is 6.92 Å². The van der Waals surface area contributed by atoms with E-state index in [1.54, 1.807) is 12.1 Å². The lowest BCUT2D eigenvalue weighted by molar-refractivity contribution is 0.329. The van der Waals surface area contributed by atoms with Crippen LogP contribution >= 0.6 is 31.9 Å². The summed E-state index contributed by atoms with van der Waals surface area (Å²) < 4.78 is 28.5. The topological polar surface area (TPSA) is 63.4 Å². The lowest BCUT2D eigenvalue weighted by Gasteiger charge is -2.26. The molecule has 1 fully saturated rings. The van der Waals surface area contributed by atoms with E-state index in [0.717, 1.165) is 29.3 Å². The number of hydrogen-bond acceptors (Lipinski definition) is 3. The van der Waals surface area contributed by atoms with Gasteiger partial charge in [-0.15, -0.1) is 0 Å². The van der Waals surface area contributed by atoms with Crippen molar-refractivity contribution >= 4 is 41.9 Å². The molecule has 0 aliphatic carbocycles. The second-order valence-electron chi connectivity index (χ2n) is 5.06. The molecule has 1 unspecified atom stereocenters. The number of benzene rings is 1. The Morgan fingerprint density at radius 2 is 1.90 bits per heavy atom. The highest BCUT2D eigenvalue weighted by molar-refractivity contribution is 9.11. The Balaban J connectivity index is 2.46. The molecule has 0 spiro atoms.